The maximum Gasteiger partial charge on any atom is 0.410 e. The number of carbonyl (C=O) groups excluding carboxylic acids is 1. The minimum Gasteiger partial charge on any atom is -0.489 e. The highest BCUT2D eigenvalue weighted by Gasteiger charge is 2.50. The van der Waals surface area contributed by atoms with E-state index in [1.54, 1.807) is 13.3 Å². The number of halogens is 1. The van der Waals surface area contributed by atoms with E-state index in [2.05, 4.69) is 9.80 Å². The van der Waals surface area contributed by atoms with Gasteiger partial charge in [0.1, 0.15) is 41.6 Å². The quantitative estimate of drug-likeness (QED) is 0.138. The predicted molar refractivity (Wildman–Crippen MR) is 217 cm³/mol. The van der Waals surface area contributed by atoms with E-state index in [1.165, 1.54) is 0 Å². The number of anilines is 1. The Morgan fingerprint density at radius 3 is 2.47 bits per heavy atom. The summed E-state index contributed by atoms with van der Waals surface area (Å²) in [5.41, 5.74) is 1.23. The van der Waals surface area contributed by atoms with Gasteiger partial charge in [0.05, 0.1) is 29.6 Å². The third-order valence-electron chi connectivity index (χ3n) is 12.2. The first kappa shape index (κ1) is 37.5. The van der Waals surface area contributed by atoms with Crippen LogP contribution in [-0.4, -0.2) is 100 Å². The third kappa shape index (κ3) is 7.22. The van der Waals surface area contributed by atoms with E-state index in [0.717, 1.165) is 61.4 Å². The number of pyridine rings is 1. The van der Waals surface area contributed by atoms with E-state index in [4.69, 9.17) is 33.9 Å². The van der Waals surface area contributed by atoms with Gasteiger partial charge in [0.25, 0.3) is 0 Å². The van der Waals surface area contributed by atoms with Gasteiger partial charge in [-0.1, -0.05) is 54.6 Å². The Labute approximate surface area is 333 Å². The number of hydrogen-bond donors (Lipinski definition) is 0. The molecule has 4 saturated heterocycles. The molecule has 0 N–H and O–H groups in total. The van der Waals surface area contributed by atoms with Gasteiger partial charge in [0.2, 0.25) is 0 Å². The fraction of sp³-hybridized carbons (Fsp3) is 0.467. The Balaban J connectivity index is 1.10. The first-order valence-corrected chi connectivity index (χ1v) is 20.3. The summed E-state index contributed by atoms with van der Waals surface area (Å²) in [6.45, 7) is 9.16. The highest BCUT2D eigenvalue weighted by molar-refractivity contribution is 6.00. The molecule has 4 atom stereocenters. The molecule has 0 radical (unpaired) electrons. The van der Waals surface area contributed by atoms with E-state index < -0.39 is 11.4 Å². The number of piperazine rings is 1. The molecule has 12 heteroatoms. The summed E-state index contributed by atoms with van der Waals surface area (Å²) in [6, 6.07) is 22.0. The van der Waals surface area contributed by atoms with Crippen LogP contribution in [0.1, 0.15) is 64.9 Å². The van der Waals surface area contributed by atoms with Crippen LogP contribution in [0.25, 0.3) is 32.9 Å². The average molecular weight is 775 g/mol. The van der Waals surface area contributed by atoms with Gasteiger partial charge in [-0.3, -0.25) is 14.8 Å². The maximum absolute atomic E-state index is 17.4. The molecule has 11 nitrogen and oxygen atoms in total. The number of nitrogens with zero attached hydrogens (tertiary/aromatic N) is 6. The van der Waals surface area contributed by atoms with Gasteiger partial charge in [-0.25, -0.2) is 9.18 Å². The fourth-order valence-electron chi connectivity index (χ4n) is 9.69. The second-order valence-electron chi connectivity index (χ2n) is 17.1. The van der Waals surface area contributed by atoms with E-state index in [1.807, 2.05) is 92.4 Å². The Hall–Kier alpha value is -5.07. The van der Waals surface area contributed by atoms with E-state index >= 15 is 4.39 Å². The zero-order valence-corrected chi connectivity index (χ0v) is 33.2. The molecule has 4 aliphatic rings. The topological polar surface area (TPSA) is 102 Å². The summed E-state index contributed by atoms with van der Waals surface area (Å²) in [5, 5.41) is 2.26. The molecule has 298 valence electrons. The molecule has 6 heterocycles. The number of hydrogen-bond acceptors (Lipinski definition) is 10. The normalized spacial score (nSPS) is 23.4. The number of fused-ring (bicyclic) bond motifs is 5. The van der Waals surface area contributed by atoms with E-state index in [9.17, 15) is 4.79 Å². The molecule has 4 aliphatic heterocycles. The number of amides is 1. The molecule has 2 bridgehead atoms. The molecule has 4 fully saturated rings. The minimum atomic E-state index is -0.597. The Morgan fingerprint density at radius 2 is 1.70 bits per heavy atom. The van der Waals surface area contributed by atoms with Crippen LogP contribution in [0.4, 0.5) is 15.0 Å². The SMILES string of the molecule is COCC1CCC2(COc3nc(N4C[C@H]5CC[C@@H](C4)N5C(=O)OC(C)(C)C)c4cnc(-c5cc(OCc6ccccc6)cc6ccccc56)c(F)c4n3)CCCN12. The van der Waals surface area contributed by atoms with Crippen molar-refractivity contribution in [1.29, 1.82) is 0 Å². The number of aromatic nitrogens is 3. The van der Waals surface area contributed by atoms with Crippen molar-refractivity contribution in [2.24, 2.45) is 0 Å². The summed E-state index contributed by atoms with van der Waals surface area (Å²) in [7, 11) is 1.75. The Kier molecular flexibility index (Phi) is 9.89. The second kappa shape index (κ2) is 15.0. The summed E-state index contributed by atoms with van der Waals surface area (Å²) in [4.78, 5) is 34.6. The average Bonchev–Trinajstić information content (AvgIpc) is 3.86. The lowest BCUT2D eigenvalue weighted by Gasteiger charge is -2.42. The van der Waals surface area contributed by atoms with Crippen LogP contribution in [0.5, 0.6) is 11.8 Å². The summed E-state index contributed by atoms with van der Waals surface area (Å²) >= 11 is 0. The van der Waals surface area contributed by atoms with Gasteiger partial charge in [-0.05, 0) is 94.3 Å². The maximum atomic E-state index is 17.4. The largest absolute Gasteiger partial charge is 0.489 e. The third-order valence-corrected chi connectivity index (χ3v) is 12.2. The van der Waals surface area contributed by atoms with Crippen molar-refractivity contribution in [2.75, 3.05) is 44.9 Å². The molecular weight excluding hydrogens is 724 g/mol. The van der Waals surface area contributed by atoms with Gasteiger partial charge in [-0.2, -0.15) is 9.97 Å². The lowest BCUT2D eigenvalue weighted by molar-refractivity contribution is 0.0122. The molecule has 57 heavy (non-hydrogen) atoms. The molecule has 0 aliphatic carbocycles. The lowest BCUT2D eigenvalue weighted by atomic mass is 9.95. The highest BCUT2D eigenvalue weighted by atomic mass is 19.1. The summed E-state index contributed by atoms with van der Waals surface area (Å²) in [6.07, 6.45) is 7.22. The fourth-order valence-corrected chi connectivity index (χ4v) is 9.69. The lowest BCUT2D eigenvalue weighted by Crippen LogP contribution is -2.57. The monoisotopic (exact) mass is 774 g/mol. The zero-order chi connectivity index (χ0) is 39.3. The van der Waals surface area contributed by atoms with Gasteiger partial charge in [0, 0.05) is 38.0 Å². The highest BCUT2D eigenvalue weighted by Crippen LogP contribution is 2.44. The number of ether oxygens (including phenoxy) is 4. The number of methoxy groups -OCH3 is 1. The van der Waals surface area contributed by atoms with Crippen molar-refractivity contribution in [3.05, 3.63) is 84.3 Å². The van der Waals surface area contributed by atoms with Crippen LogP contribution in [0, 0.1) is 5.82 Å². The van der Waals surface area contributed by atoms with Crippen LogP contribution in [0.15, 0.2) is 72.9 Å². The summed E-state index contributed by atoms with van der Waals surface area (Å²) < 4.78 is 41.7. The van der Waals surface area contributed by atoms with Gasteiger partial charge in [-0.15, -0.1) is 0 Å². The molecule has 0 spiro atoms. The molecule has 3 aromatic carbocycles. The van der Waals surface area contributed by atoms with Crippen molar-refractivity contribution < 1.29 is 28.1 Å². The Morgan fingerprint density at radius 1 is 0.930 bits per heavy atom. The molecular formula is C45H51FN6O5. The zero-order valence-electron chi connectivity index (χ0n) is 33.2. The van der Waals surface area contributed by atoms with Crippen molar-refractivity contribution >= 4 is 33.6 Å². The number of carbonyl (C=O) groups is 1. The van der Waals surface area contributed by atoms with Gasteiger partial charge >= 0.3 is 12.1 Å². The van der Waals surface area contributed by atoms with E-state index in [-0.39, 0.29) is 40.9 Å². The number of rotatable bonds is 10. The van der Waals surface area contributed by atoms with Crippen molar-refractivity contribution in [3.63, 3.8) is 0 Å². The number of benzene rings is 3. The molecule has 0 saturated carbocycles. The van der Waals surface area contributed by atoms with Crippen LogP contribution in [0.2, 0.25) is 0 Å². The molecule has 9 rings (SSSR count). The van der Waals surface area contributed by atoms with Crippen molar-refractivity contribution in [1.82, 2.24) is 24.8 Å². The minimum absolute atomic E-state index is 0.0720. The van der Waals surface area contributed by atoms with Crippen molar-refractivity contribution in [3.8, 4) is 23.0 Å². The summed E-state index contributed by atoms with van der Waals surface area (Å²) in [5.74, 6) is 0.620. The van der Waals surface area contributed by atoms with Crippen molar-refractivity contribution in [2.45, 2.75) is 95.2 Å². The van der Waals surface area contributed by atoms with E-state index in [0.29, 0.717) is 61.5 Å². The van der Waals surface area contributed by atoms with Crippen LogP contribution >= 0.6 is 0 Å². The molecule has 1 amide bonds. The predicted octanol–water partition coefficient (Wildman–Crippen LogP) is 8.17. The first-order chi connectivity index (χ1) is 27.6. The Bertz CT molecular complexity index is 2270. The van der Waals surface area contributed by atoms with Gasteiger partial charge < -0.3 is 23.8 Å². The van der Waals surface area contributed by atoms with Crippen LogP contribution in [0.3, 0.4) is 0 Å². The van der Waals surface area contributed by atoms with Crippen LogP contribution < -0.4 is 14.4 Å². The first-order valence-electron chi connectivity index (χ1n) is 20.3. The molecule has 5 aromatic rings. The molecule has 2 unspecified atom stereocenters. The van der Waals surface area contributed by atoms with Crippen LogP contribution in [-0.2, 0) is 16.1 Å². The second-order valence-corrected chi connectivity index (χ2v) is 17.1. The van der Waals surface area contributed by atoms with Gasteiger partial charge in [0.15, 0.2) is 5.82 Å². The standard InChI is InChI=1S/C45H51FN6O5/c1-44(2,3)57-43(53)52-31-15-16-32(52)25-50(24-31)41-37-23-47-39(36-22-34(21-30-13-8-9-14-35(30)36)55-26-29-11-6-5-7-12-29)38(46)40(37)48-42(49-41)56-28-45-18-10-20-51(45)33(17-19-45)27-54-4/h5-9,11-14,21-23,31-33H,10,15-20,24-28H2,1-4H3/t31-,32+,33?,45?. The molecule has 2 aromatic heterocycles. The smallest absolute Gasteiger partial charge is 0.410 e.